The zero-order valence-corrected chi connectivity index (χ0v) is 15.1. The van der Waals surface area contributed by atoms with Gasteiger partial charge in [0.15, 0.2) is 0 Å². The van der Waals surface area contributed by atoms with Crippen molar-refractivity contribution in [2.45, 2.75) is 12.5 Å². The van der Waals surface area contributed by atoms with Crippen LogP contribution in [0, 0.1) is 0 Å². The largest absolute Gasteiger partial charge is 0.330 e. The fourth-order valence-electron chi connectivity index (χ4n) is 2.59. The van der Waals surface area contributed by atoms with E-state index in [1.165, 1.54) is 16.9 Å². The lowest BCUT2D eigenvalue weighted by molar-refractivity contribution is 0.0696. The Morgan fingerprint density at radius 2 is 2.13 bits per heavy atom. The zero-order valence-electron chi connectivity index (χ0n) is 12.7. The quantitative estimate of drug-likeness (QED) is 0.900. The van der Waals surface area contributed by atoms with Crippen molar-refractivity contribution < 1.29 is 4.79 Å². The van der Waals surface area contributed by atoms with Crippen molar-refractivity contribution in [3.8, 4) is 0 Å². The van der Waals surface area contributed by atoms with Crippen molar-refractivity contribution in [2.75, 3.05) is 24.6 Å². The Labute approximate surface area is 150 Å². The van der Waals surface area contributed by atoms with Crippen LogP contribution in [0.25, 0.3) is 0 Å². The monoisotopic (exact) mass is 369 g/mol. The third-order valence-corrected chi connectivity index (χ3v) is 5.63. The van der Waals surface area contributed by atoms with E-state index in [9.17, 15) is 4.79 Å². The fraction of sp³-hybridized carbons (Fsp3) is 0.375. The highest BCUT2D eigenvalue weighted by atomic mass is 35.5. The molecule has 1 saturated heterocycles. The number of halogens is 1. The molecule has 0 aliphatic carbocycles. The first kappa shape index (κ1) is 18.3. The van der Waals surface area contributed by atoms with Crippen LogP contribution in [-0.2, 0) is 6.42 Å². The van der Waals surface area contributed by atoms with E-state index in [2.05, 4.69) is 17.1 Å². The Morgan fingerprint density at radius 1 is 1.35 bits per heavy atom. The van der Waals surface area contributed by atoms with Gasteiger partial charge in [-0.15, -0.1) is 23.7 Å². The molecule has 2 aromatic rings. The number of nitrogens with zero attached hydrogens (tertiary/aromatic N) is 2. The van der Waals surface area contributed by atoms with E-state index in [-0.39, 0.29) is 24.4 Å². The molecule has 2 heterocycles. The molecule has 1 aliphatic heterocycles. The molecule has 1 fully saturated rings. The first-order chi connectivity index (χ1) is 10.8. The molecule has 0 saturated carbocycles. The third-order valence-electron chi connectivity index (χ3n) is 3.70. The van der Waals surface area contributed by atoms with Crippen molar-refractivity contribution in [2.24, 2.45) is 5.73 Å². The summed E-state index contributed by atoms with van der Waals surface area (Å²) in [6, 6.07) is 10.4. The van der Waals surface area contributed by atoms with Crippen LogP contribution >= 0.6 is 35.5 Å². The number of carbonyl (C=O) groups is 1. The van der Waals surface area contributed by atoms with E-state index in [0.29, 0.717) is 12.2 Å². The lowest BCUT2D eigenvalue weighted by Crippen LogP contribution is -2.40. The van der Waals surface area contributed by atoms with Gasteiger partial charge in [0.2, 0.25) is 0 Å². The van der Waals surface area contributed by atoms with Crippen LogP contribution in [0.5, 0.6) is 0 Å². The molecule has 1 atom stereocenters. The molecule has 1 aromatic heterocycles. The molecule has 7 heteroatoms. The Kier molecular flexibility index (Phi) is 6.89. The second-order valence-electron chi connectivity index (χ2n) is 5.17. The molecule has 23 heavy (non-hydrogen) atoms. The highest BCUT2D eigenvalue weighted by Gasteiger charge is 2.30. The Balaban J connectivity index is 0.00000192. The van der Waals surface area contributed by atoms with Crippen molar-refractivity contribution >= 4 is 41.4 Å². The summed E-state index contributed by atoms with van der Waals surface area (Å²) in [5, 5.41) is 2.80. The van der Waals surface area contributed by atoms with Gasteiger partial charge < -0.3 is 10.6 Å². The minimum Gasteiger partial charge on any atom is -0.330 e. The normalized spacial score (nSPS) is 17.6. The van der Waals surface area contributed by atoms with E-state index in [1.54, 1.807) is 0 Å². The van der Waals surface area contributed by atoms with Crippen molar-refractivity contribution in [3.05, 3.63) is 52.0 Å². The SMILES string of the molecule is Cl.NCCc1nc(C(=O)N2CCSCC2c2ccccc2)cs1. The van der Waals surface area contributed by atoms with E-state index >= 15 is 0 Å². The molecule has 0 bridgehead atoms. The van der Waals surface area contributed by atoms with Crippen LogP contribution in [0.1, 0.15) is 27.1 Å². The van der Waals surface area contributed by atoms with Gasteiger partial charge in [-0.05, 0) is 12.1 Å². The summed E-state index contributed by atoms with van der Waals surface area (Å²) in [6.07, 6.45) is 0.732. The maximum absolute atomic E-state index is 12.8. The Hall–Kier alpha value is -1.08. The van der Waals surface area contributed by atoms with Crippen LogP contribution < -0.4 is 5.73 Å². The predicted molar refractivity (Wildman–Crippen MR) is 99.7 cm³/mol. The summed E-state index contributed by atoms with van der Waals surface area (Å²) < 4.78 is 0. The van der Waals surface area contributed by atoms with Gasteiger partial charge in [-0.25, -0.2) is 4.98 Å². The second kappa shape index (κ2) is 8.68. The van der Waals surface area contributed by atoms with Crippen molar-refractivity contribution in [1.29, 1.82) is 0 Å². The predicted octanol–water partition coefficient (Wildman–Crippen LogP) is 3.00. The molecule has 1 aliphatic rings. The highest BCUT2D eigenvalue weighted by Crippen LogP contribution is 2.30. The van der Waals surface area contributed by atoms with Gasteiger partial charge in [0.25, 0.3) is 5.91 Å². The number of thioether (sulfide) groups is 1. The molecule has 1 unspecified atom stereocenters. The zero-order chi connectivity index (χ0) is 15.4. The number of amides is 1. The minimum absolute atomic E-state index is 0. The van der Waals surface area contributed by atoms with Gasteiger partial charge in [-0.1, -0.05) is 30.3 Å². The highest BCUT2D eigenvalue weighted by molar-refractivity contribution is 7.99. The first-order valence-electron chi connectivity index (χ1n) is 7.37. The molecule has 4 nitrogen and oxygen atoms in total. The number of thiazole rings is 1. The average Bonchev–Trinajstić information content (AvgIpc) is 3.04. The lowest BCUT2D eigenvalue weighted by atomic mass is 10.1. The Morgan fingerprint density at radius 3 is 2.87 bits per heavy atom. The number of carbonyl (C=O) groups excluding carboxylic acids is 1. The number of benzene rings is 1. The van der Waals surface area contributed by atoms with Crippen LogP contribution in [0.2, 0.25) is 0 Å². The first-order valence-corrected chi connectivity index (χ1v) is 9.41. The summed E-state index contributed by atoms with van der Waals surface area (Å²) >= 11 is 3.42. The smallest absolute Gasteiger partial charge is 0.273 e. The second-order valence-corrected chi connectivity index (χ2v) is 7.26. The molecule has 2 N–H and O–H groups in total. The molecule has 1 aromatic carbocycles. The lowest BCUT2D eigenvalue weighted by Gasteiger charge is -2.35. The molecule has 3 rings (SSSR count). The molecule has 124 valence electrons. The maximum Gasteiger partial charge on any atom is 0.273 e. The molecule has 0 spiro atoms. The van der Waals surface area contributed by atoms with Gasteiger partial charge in [0.05, 0.1) is 11.0 Å². The molecular weight excluding hydrogens is 350 g/mol. The van der Waals surface area contributed by atoms with Gasteiger partial charge in [-0.2, -0.15) is 11.8 Å². The molecular formula is C16H20ClN3OS2. The van der Waals surface area contributed by atoms with Gasteiger partial charge in [0.1, 0.15) is 5.69 Å². The average molecular weight is 370 g/mol. The van der Waals surface area contributed by atoms with E-state index in [1.807, 2.05) is 40.2 Å². The van der Waals surface area contributed by atoms with Crippen LogP contribution in [0.3, 0.4) is 0 Å². The van der Waals surface area contributed by atoms with Gasteiger partial charge >= 0.3 is 0 Å². The number of rotatable bonds is 4. The third kappa shape index (κ3) is 4.26. The summed E-state index contributed by atoms with van der Waals surface area (Å²) in [5.41, 5.74) is 7.31. The van der Waals surface area contributed by atoms with Gasteiger partial charge in [0, 0.05) is 29.9 Å². The van der Waals surface area contributed by atoms with Crippen LogP contribution in [0.4, 0.5) is 0 Å². The summed E-state index contributed by atoms with van der Waals surface area (Å²) in [7, 11) is 0. The molecule has 0 radical (unpaired) electrons. The van der Waals surface area contributed by atoms with Crippen LogP contribution in [0.15, 0.2) is 35.7 Å². The fourth-order valence-corrected chi connectivity index (χ4v) is 4.47. The number of aromatic nitrogens is 1. The molecule has 1 amide bonds. The summed E-state index contributed by atoms with van der Waals surface area (Å²) in [4.78, 5) is 19.2. The van der Waals surface area contributed by atoms with E-state index < -0.39 is 0 Å². The van der Waals surface area contributed by atoms with Crippen LogP contribution in [-0.4, -0.2) is 40.4 Å². The summed E-state index contributed by atoms with van der Waals surface area (Å²) in [5.74, 6) is 1.96. The number of hydrogen-bond donors (Lipinski definition) is 1. The number of hydrogen-bond acceptors (Lipinski definition) is 5. The van der Waals surface area contributed by atoms with Gasteiger partial charge in [-0.3, -0.25) is 4.79 Å². The number of nitrogens with two attached hydrogens (primary N) is 1. The van der Waals surface area contributed by atoms with Crippen molar-refractivity contribution in [3.63, 3.8) is 0 Å². The topological polar surface area (TPSA) is 59.2 Å². The standard InChI is InChI=1S/C16H19N3OS2.ClH/c17-7-6-15-18-13(10-22-15)16(20)19-8-9-21-11-14(19)12-4-2-1-3-5-12;/h1-5,10,14H,6-9,11,17H2;1H. The van der Waals surface area contributed by atoms with Crippen molar-refractivity contribution in [1.82, 2.24) is 9.88 Å². The van der Waals surface area contributed by atoms with E-state index in [0.717, 1.165) is 29.5 Å². The van der Waals surface area contributed by atoms with E-state index in [4.69, 9.17) is 5.73 Å². The maximum atomic E-state index is 12.8. The summed E-state index contributed by atoms with van der Waals surface area (Å²) in [6.45, 7) is 1.33. The Bertz CT molecular complexity index is 635. The minimum atomic E-state index is 0.